The third-order valence-corrected chi connectivity index (χ3v) is 6.22. The molecule has 0 spiro atoms. The molecule has 3 saturated heterocycles. The summed E-state index contributed by atoms with van der Waals surface area (Å²) in [6, 6.07) is 0.723. The summed E-state index contributed by atoms with van der Waals surface area (Å²) in [5.74, 6) is 2.88. The lowest BCUT2D eigenvalue weighted by Crippen LogP contribution is -2.41. The van der Waals surface area contributed by atoms with Crippen molar-refractivity contribution in [3.63, 3.8) is 0 Å². The van der Waals surface area contributed by atoms with Crippen molar-refractivity contribution in [1.29, 1.82) is 0 Å². The summed E-state index contributed by atoms with van der Waals surface area (Å²) in [5, 5.41) is 4.86. The fourth-order valence-electron chi connectivity index (χ4n) is 4.04. The van der Waals surface area contributed by atoms with Gasteiger partial charge in [0.05, 0.1) is 12.2 Å². The van der Waals surface area contributed by atoms with Gasteiger partial charge in [-0.2, -0.15) is 0 Å². The minimum Gasteiger partial charge on any atom is -0.375 e. The molecule has 5 atom stereocenters. The van der Waals surface area contributed by atoms with Gasteiger partial charge < -0.3 is 10.1 Å². The average Bonchev–Trinajstić information content (AvgIpc) is 3.11. The van der Waals surface area contributed by atoms with Crippen molar-refractivity contribution < 1.29 is 4.74 Å². The van der Waals surface area contributed by atoms with Crippen LogP contribution in [-0.2, 0) is 4.74 Å². The maximum Gasteiger partial charge on any atom is 0.156 e. The first-order chi connectivity index (χ1) is 8.88. The summed E-state index contributed by atoms with van der Waals surface area (Å²) in [7, 11) is 0. The number of fused-ring (bicyclic) bond motifs is 3. The van der Waals surface area contributed by atoms with E-state index in [9.17, 15) is 0 Å². The van der Waals surface area contributed by atoms with Gasteiger partial charge in [-0.15, -0.1) is 0 Å². The summed E-state index contributed by atoms with van der Waals surface area (Å²) in [4.78, 5) is 4.83. The number of amidine groups is 1. The molecule has 2 bridgehead atoms. The van der Waals surface area contributed by atoms with Gasteiger partial charge >= 0.3 is 0 Å². The van der Waals surface area contributed by atoms with Crippen molar-refractivity contribution in [3.8, 4) is 0 Å². The maximum absolute atomic E-state index is 5.90. The maximum atomic E-state index is 5.90. The van der Waals surface area contributed by atoms with Crippen LogP contribution in [0.5, 0.6) is 0 Å². The fourth-order valence-corrected chi connectivity index (χ4v) is 5.21. The smallest absolute Gasteiger partial charge is 0.156 e. The average molecular weight is 266 g/mol. The quantitative estimate of drug-likeness (QED) is 0.833. The highest BCUT2D eigenvalue weighted by Crippen LogP contribution is 2.39. The highest BCUT2D eigenvalue weighted by Gasteiger charge is 2.40. The van der Waals surface area contributed by atoms with Gasteiger partial charge in [0.2, 0.25) is 0 Å². The Labute approximate surface area is 113 Å². The highest BCUT2D eigenvalue weighted by atomic mass is 32.2. The zero-order valence-corrected chi connectivity index (χ0v) is 11.6. The van der Waals surface area contributed by atoms with E-state index < -0.39 is 0 Å². The van der Waals surface area contributed by atoms with Crippen LogP contribution in [0.1, 0.15) is 38.5 Å². The largest absolute Gasteiger partial charge is 0.375 e. The van der Waals surface area contributed by atoms with Crippen molar-refractivity contribution in [2.45, 2.75) is 56.8 Å². The van der Waals surface area contributed by atoms with E-state index in [-0.39, 0.29) is 0 Å². The van der Waals surface area contributed by atoms with Crippen molar-refractivity contribution >= 4 is 16.9 Å². The third-order valence-electron chi connectivity index (χ3n) is 5.10. The van der Waals surface area contributed by atoms with E-state index in [2.05, 4.69) is 5.32 Å². The topological polar surface area (TPSA) is 33.6 Å². The lowest BCUT2D eigenvalue weighted by atomic mass is 9.89. The van der Waals surface area contributed by atoms with Gasteiger partial charge in [0.25, 0.3) is 0 Å². The molecular formula is C14H22N2OS. The molecule has 4 rings (SSSR count). The normalized spacial score (nSPS) is 48.4. The molecule has 100 valence electrons. The van der Waals surface area contributed by atoms with Crippen molar-refractivity contribution in [1.82, 2.24) is 5.32 Å². The molecule has 0 radical (unpaired) electrons. The van der Waals surface area contributed by atoms with Crippen LogP contribution in [0.4, 0.5) is 0 Å². The highest BCUT2D eigenvalue weighted by molar-refractivity contribution is 8.13. The van der Waals surface area contributed by atoms with E-state index in [4.69, 9.17) is 9.73 Å². The molecule has 4 heteroatoms. The predicted octanol–water partition coefficient (Wildman–Crippen LogP) is 2.42. The molecule has 0 aromatic carbocycles. The molecule has 0 amide bonds. The first-order valence-electron chi connectivity index (χ1n) is 7.48. The third kappa shape index (κ3) is 2.07. The second-order valence-electron chi connectivity index (χ2n) is 6.27. The molecule has 3 aliphatic heterocycles. The minimum atomic E-state index is 0.521. The molecule has 5 unspecified atom stereocenters. The number of ether oxygens (including phenoxy) is 1. The number of hydrogen-bond acceptors (Lipinski definition) is 3. The van der Waals surface area contributed by atoms with Gasteiger partial charge in [-0.05, 0) is 38.0 Å². The second kappa shape index (κ2) is 4.71. The Bertz CT molecular complexity index is 360. The predicted molar refractivity (Wildman–Crippen MR) is 75.0 cm³/mol. The molecule has 0 aromatic rings. The van der Waals surface area contributed by atoms with Crippen LogP contribution >= 0.6 is 11.8 Å². The van der Waals surface area contributed by atoms with E-state index in [1.54, 1.807) is 0 Å². The van der Waals surface area contributed by atoms with Gasteiger partial charge in [-0.1, -0.05) is 18.2 Å². The summed E-state index contributed by atoms with van der Waals surface area (Å²) >= 11 is 1.94. The van der Waals surface area contributed by atoms with Gasteiger partial charge in [-0.25, -0.2) is 0 Å². The van der Waals surface area contributed by atoms with E-state index in [0.717, 1.165) is 18.5 Å². The second-order valence-corrected chi connectivity index (χ2v) is 7.28. The van der Waals surface area contributed by atoms with Gasteiger partial charge in [0.15, 0.2) is 5.17 Å². The number of nitrogens with one attached hydrogen (secondary N) is 1. The number of hydrogen-bond donors (Lipinski definition) is 1. The van der Waals surface area contributed by atoms with E-state index in [1.165, 1.54) is 49.4 Å². The van der Waals surface area contributed by atoms with Gasteiger partial charge in [0.1, 0.15) is 0 Å². The molecular weight excluding hydrogens is 244 g/mol. The van der Waals surface area contributed by atoms with Crippen LogP contribution < -0.4 is 5.32 Å². The Morgan fingerprint density at radius 2 is 2.28 bits per heavy atom. The Morgan fingerprint density at radius 3 is 3.11 bits per heavy atom. The molecule has 4 aliphatic rings. The minimum absolute atomic E-state index is 0.521. The molecule has 0 aromatic heterocycles. The van der Waals surface area contributed by atoms with Gasteiger partial charge in [0, 0.05) is 24.3 Å². The summed E-state index contributed by atoms with van der Waals surface area (Å²) < 4.78 is 5.90. The van der Waals surface area contributed by atoms with Crippen LogP contribution in [0.15, 0.2) is 4.99 Å². The van der Waals surface area contributed by atoms with Crippen molar-refractivity contribution in [2.75, 3.05) is 12.3 Å². The lowest BCUT2D eigenvalue weighted by Gasteiger charge is -2.28. The molecule has 3 heterocycles. The summed E-state index contributed by atoms with van der Waals surface area (Å²) in [5.41, 5.74) is 0. The van der Waals surface area contributed by atoms with Crippen LogP contribution in [0.25, 0.3) is 0 Å². The van der Waals surface area contributed by atoms with Crippen LogP contribution in [0.3, 0.4) is 0 Å². The van der Waals surface area contributed by atoms with Crippen LogP contribution in [-0.4, -0.2) is 35.7 Å². The zero-order chi connectivity index (χ0) is 11.9. The Balaban J connectivity index is 1.34. The van der Waals surface area contributed by atoms with Gasteiger partial charge in [-0.3, -0.25) is 4.99 Å². The Hall–Kier alpha value is -0.220. The first kappa shape index (κ1) is 11.6. The lowest BCUT2D eigenvalue weighted by molar-refractivity contribution is 0.0937. The SMILES string of the molecule is C1CC2CSC(=NCC3CC4CCC3O4)NC2C1. The first-order valence-corrected chi connectivity index (χ1v) is 8.46. The Morgan fingerprint density at radius 1 is 1.28 bits per heavy atom. The molecule has 3 nitrogen and oxygen atoms in total. The number of nitrogens with zero attached hydrogens (tertiary/aromatic N) is 1. The Kier molecular flexibility index (Phi) is 3.03. The zero-order valence-electron chi connectivity index (χ0n) is 10.8. The van der Waals surface area contributed by atoms with Crippen LogP contribution in [0.2, 0.25) is 0 Å². The number of rotatable bonds is 2. The molecule has 1 aliphatic carbocycles. The molecule has 1 N–H and O–H groups in total. The monoisotopic (exact) mass is 266 g/mol. The number of thioether (sulfide) groups is 1. The summed E-state index contributed by atoms with van der Waals surface area (Å²) in [6.45, 7) is 0.980. The fraction of sp³-hybridized carbons (Fsp3) is 0.929. The van der Waals surface area contributed by atoms with Crippen molar-refractivity contribution in [3.05, 3.63) is 0 Å². The molecule has 1 saturated carbocycles. The van der Waals surface area contributed by atoms with Crippen LogP contribution in [0, 0.1) is 11.8 Å². The standard InChI is InChI=1S/C14H22N2OS/c1-2-9-8-18-14(16-12(9)3-1)15-7-10-6-11-4-5-13(10)17-11/h9-13H,1-8H2,(H,15,16). The molecule has 4 fully saturated rings. The van der Waals surface area contributed by atoms with E-state index >= 15 is 0 Å². The summed E-state index contributed by atoms with van der Waals surface area (Å²) in [6.07, 6.45) is 9.05. The molecule has 18 heavy (non-hydrogen) atoms. The van der Waals surface area contributed by atoms with Crippen molar-refractivity contribution in [2.24, 2.45) is 16.8 Å². The van der Waals surface area contributed by atoms with E-state index in [0.29, 0.717) is 18.1 Å². The number of aliphatic imine (C=N–C) groups is 1. The van der Waals surface area contributed by atoms with E-state index in [1.807, 2.05) is 11.8 Å².